The van der Waals surface area contributed by atoms with Gasteiger partial charge in [0.15, 0.2) is 0 Å². The number of nitrogens with two attached hydrogens (primary N) is 1. The number of anilines is 3. The number of para-hydroxylation sites is 1. The lowest BCUT2D eigenvalue weighted by atomic mass is 9.64. The molecular formula is C46H32N2. The summed E-state index contributed by atoms with van der Waals surface area (Å²) in [6, 6.07) is 63.0. The molecule has 2 aliphatic rings. The molecule has 8 aromatic carbocycles. The zero-order valence-electron chi connectivity index (χ0n) is 26.4. The first-order valence-electron chi connectivity index (χ1n) is 16.7. The predicted octanol–water partition coefficient (Wildman–Crippen LogP) is 11.3. The summed E-state index contributed by atoms with van der Waals surface area (Å²) in [5.74, 6) is 0. The maximum atomic E-state index is 6.06. The summed E-state index contributed by atoms with van der Waals surface area (Å²) in [6.07, 6.45) is 0. The van der Waals surface area contributed by atoms with Gasteiger partial charge >= 0.3 is 0 Å². The Balaban J connectivity index is 1.37. The lowest BCUT2D eigenvalue weighted by Gasteiger charge is -2.45. The largest absolute Gasteiger partial charge is 0.326 e. The van der Waals surface area contributed by atoms with Gasteiger partial charge in [-0.25, -0.2) is 0 Å². The van der Waals surface area contributed by atoms with E-state index < -0.39 is 5.41 Å². The van der Waals surface area contributed by atoms with E-state index in [1.54, 1.807) is 0 Å². The molecule has 2 heteroatoms. The van der Waals surface area contributed by atoms with Crippen molar-refractivity contribution in [2.45, 2.75) is 12.0 Å². The van der Waals surface area contributed by atoms with E-state index in [0.29, 0.717) is 6.54 Å². The Kier molecular flexibility index (Phi) is 5.82. The zero-order chi connectivity index (χ0) is 31.8. The van der Waals surface area contributed by atoms with Crippen LogP contribution in [0.5, 0.6) is 0 Å². The third kappa shape index (κ3) is 3.72. The van der Waals surface area contributed by atoms with Crippen LogP contribution in [-0.4, -0.2) is 0 Å². The van der Waals surface area contributed by atoms with Gasteiger partial charge in [0.1, 0.15) is 0 Å². The third-order valence-electron chi connectivity index (χ3n) is 10.6. The maximum Gasteiger partial charge on any atom is 0.0754 e. The molecule has 1 aliphatic heterocycles. The highest BCUT2D eigenvalue weighted by Crippen LogP contribution is 2.64. The van der Waals surface area contributed by atoms with Crippen LogP contribution in [0.25, 0.3) is 43.8 Å². The molecule has 0 saturated heterocycles. The molecule has 0 bridgehead atoms. The van der Waals surface area contributed by atoms with E-state index in [9.17, 15) is 0 Å². The van der Waals surface area contributed by atoms with Crippen LogP contribution in [0.15, 0.2) is 170 Å². The summed E-state index contributed by atoms with van der Waals surface area (Å²) in [5, 5.41) is 4.96. The number of benzene rings is 8. The van der Waals surface area contributed by atoms with Crippen molar-refractivity contribution in [1.82, 2.24) is 0 Å². The van der Waals surface area contributed by atoms with Crippen LogP contribution >= 0.6 is 0 Å². The Hall–Kier alpha value is -5.96. The van der Waals surface area contributed by atoms with Crippen LogP contribution in [0.1, 0.15) is 27.8 Å². The highest BCUT2D eigenvalue weighted by molar-refractivity contribution is 6.03. The van der Waals surface area contributed by atoms with Gasteiger partial charge in [-0.05, 0) is 120 Å². The second-order valence-corrected chi connectivity index (χ2v) is 13.1. The first kappa shape index (κ1) is 27.2. The summed E-state index contributed by atoms with van der Waals surface area (Å²) in [4.78, 5) is 2.49. The molecule has 0 radical (unpaired) electrons. The second kappa shape index (κ2) is 10.3. The van der Waals surface area contributed by atoms with Crippen molar-refractivity contribution in [1.29, 1.82) is 0 Å². The molecule has 48 heavy (non-hydrogen) atoms. The number of fused-ring (bicyclic) bond motifs is 11. The first-order valence-corrected chi connectivity index (χ1v) is 16.7. The maximum absolute atomic E-state index is 6.06. The molecule has 1 spiro atoms. The highest BCUT2D eigenvalue weighted by atomic mass is 15.2. The van der Waals surface area contributed by atoms with Crippen LogP contribution in [0.3, 0.4) is 0 Å². The SMILES string of the molecule is NCc1cccc(-c2ccc3c(c2)-c2ccccc2C32c3cc4ccccc4cc3N(c3ccccc3)c3cc4ccccc4cc32)c1. The van der Waals surface area contributed by atoms with Crippen LogP contribution in [0.4, 0.5) is 17.1 Å². The third-order valence-corrected chi connectivity index (χ3v) is 10.6. The molecule has 0 unspecified atom stereocenters. The zero-order valence-corrected chi connectivity index (χ0v) is 26.4. The number of hydrogen-bond acceptors (Lipinski definition) is 2. The second-order valence-electron chi connectivity index (χ2n) is 13.1. The Bertz CT molecular complexity index is 2480. The monoisotopic (exact) mass is 612 g/mol. The van der Waals surface area contributed by atoms with Gasteiger partial charge in [0.05, 0.1) is 16.8 Å². The lowest BCUT2D eigenvalue weighted by molar-refractivity contribution is 0.756. The smallest absolute Gasteiger partial charge is 0.0754 e. The normalized spacial score (nSPS) is 13.7. The molecular weight excluding hydrogens is 581 g/mol. The average Bonchev–Trinajstić information content (AvgIpc) is 3.44. The van der Waals surface area contributed by atoms with Gasteiger partial charge in [-0.15, -0.1) is 0 Å². The van der Waals surface area contributed by atoms with Gasteiger partial charge in [-0.2, -0.15) is 0 Å². The van der Waals surface area contributed by atoms with E-state index in [2.05, 4.69) is 175 Å². The van der Waals surface area contributed by atoms with Crippen LogP contribution in [0, 0.1) is 0 Å². The molecule has 1 heterocycles. The summed E-state index contributed by atoms with van der Waals surface area (Å²) < 4.78 is 0. The number of hydrogen-bond donors (Lipinski definition) is 1. The van der Waals surface area contributed by atoms with Crippen molar-refractivity contribution < 1.29 is 0 Å². The van der Waals surface area contributed by atoms with Gasteiger partial charge in [0.25, 0.3) is 0 Å². The Morgan fingerprint density at radius 3 is 1.65 bits per heavy atom. The molecule has 8 aromatic rings. The molecule has 2 nitrogen and oxygen atoms in total. The first-order chi connectivity index (χ1) is 23.7. The Labute approximate surface area is 280 Å². The minimum absolute atomic E-state index is 0.520. The van der Waals surface area contributed by atoms with Crippen molar-refractivity contribution in [3.8, 4) is 22.3 Å². The summed E-state index contributed by atoms with van der Waals surface area (Å²) in [5.41, 5.74) is 20.5. The molecule has 0 fully saturated rings. The van der Waals surface area contributed by atoms with E-state index in [0.717, 1.165) is 11.3 Å². The van der Waals surface area contributed by atoms with Crippen LogP contribution in [-0.2, 0) is 12.0 Å². The number of rotatable bonds is 3. The van der Waals surface area contributed by atoms with Gasteiger partial charge in [0.2, 0.25) is 0 Å². The fourth-order valence-electron chi connectivity index (χ4n) is 8.48. The van der Waals surface area contributed by atoms with E-state index in [1.807, 2.05) is 0 Å². The minimum atomic E-state index is -0.520. The van der Waals surface area contributed by atoms with Crippen molar-refractivity contribution in [3.63, 3.8) is 0 Å². The quantitative estimate of drug-likeness (QED) is 0.215. The molecule has 0 amide bonds. The average molecular weight is 613 g/mol. The van der Waals surface area contributed by atoms with Gasteiger partial charge in [-0.3, -0.25) is 0 Å². The molecule has 226 valence electrons. The Morgan fingerprint density at radius 1 is 0.417 bits per heavy atom. The number of nitrogens with zero attached hydrogens (tertiary/aromatic N) is 1. The van der Waals surface area contributed by atoms with E-state index in [1.165, 1.54) is 77.4 Å². The summed E-state index contributed by atoms with van der Waals surface area (Å²) in [7, 11) is 0. The van der Waals surface area contributed by atoms with E-state index >= 15 is 0 Å². The van der Waals surface area contributed by atoms with Crippen molar-refractivity contribution in [3.05, 3.63) is 198 Å². The van der Waals surface area contributed by atoms with Crippen LogP contribution < -0.4 is 10.6 Å². The van der Waals surface area contributed by atoms with E-state index in [-0.39, 0.29) is 0 Å². The minimum Gasteiger partial charge on any atom is -0.326 e. The summed E-state index contributed by atoms with van der Waals surface area (Å²) >= 11 is 0. The fraction of sp³-hybridized carbons (Fsp3) is 0.0435. The van der Waals surface area contributed by atoms with Gasteiger partial charge < -0.3 is 10.6 Å². The summed E-state index contributed by atoms with van der Waals surface area (Å²) in [6.45, 7) is 0.526. The molecule has 10 rings (SSSR count). The lowest BCUT2D eigenvalue weighted by Crippen LogP contribution is -2.36. The Morgan fingerprint density at radius 2 is 0.979 bits per heavy atom. The van der Waals surface area contributed by atoms with Crippen molar-refractivity contribution in [2.24, 2.45) is 5.73 Å². The van der Waals surface area contributed by atoms with Gasteiger partial charge in [-0.1, -0.05) is 121 Å². The van der Waals surface area contributed by atoms with Crippen molar-refractivity contribution in [2.75, 3.05) is 4.90 Å². The standard InChI is InChI=1S/C46H32N2/c47-29-30-11-10-16-31(23-30)36-21-22-41-39(24-36)38-19-8-9-20-40(38)46(41)42-25-32-12-4-6-14-34(32)27-44(42)48(37-17-2-1-3-18-37)45-28-35-15-7-5-13-33(35)26-43(45)46/h1-28H,29,47H2. The fourth-order valence-corrected chi connectivity index (χ4v) is 8.48. The van der Waals surface area contributed by atoms with Gasteiger partial charge in [0, 0.05) is 12.2 Å². The molecule has 0 aromatic heterocycles. The van der Waals surface area contributed by atoms with Crippen LogP contribution in [0.2, 0.25) is 0 Å². The van der Waals surface area contributed by atoms with Crippen molar-refractivity contribution >= 4 is 38.6 Å². The predicted molar refractivity (Wildman–Crippen MR) is 200 cm³/mol. The molecule has 0 atom stereocenters. The molecule has 1 aliphatic carbocycles. The molecule has 2 N–H and O–H groups in total. The highest BCUT2D eigenvalue weighted by Gasteiger charge is 2.52. The molecule has 0 saturated carbocycles. The van der Waals surface area contributed by atoms with E-state index in [4.69, 9.17) is 5.73 Å². The topological polar surface area (TPSA) is 29.3 Å².